The second kappa shape index (κ2) is 63.5. The van der Waals surface area contributed by atoms with Gasteiger partial charge in [0.25, 0.3) is 0 Å². The normalized spacial score (nSPS) is 2.00. The van der Waals surface area contributed by atoms with E-state index in [-0.39, 0.29) is 19.5 Å². The second-order valence-corrected chi connectivity index (χ2v) is 0.183. The summed E-state index contributed by atoms with van der Waals surface area (Å²) in [6.07, 6.45) is 0. The predicted octanol–water partition coefficient (Wildman–Crippen LogP) is 0.804. The largest absolute Gasteiger partial charge is 2.00 e. The molecule has 0 aliphatic carbocycles. The summed E-state index contributed by atoms with van der Waals surface area (Å²) in [6, 6.07) is 0. The summed E-state index contributed by atoms with van der Waals surface area (Å²) in [7, 11) is 0. The molecule has 0 amide bonds. The summed E-state index contributed by atoms with van der Waals surface area (Å²) in [6.45, 7) is 10.6. The summed E-state index contributed by atoms with van der Waals surface area (Å²) < 4.78 is 0. The minimum Gasteiger partial charge on any atom is -0.539 e. The molecule has 0 aromatic carbocycles. The van der Waals surface area contributed by atoms with Gasteiger partial charge in [-0.2, -0.15) is 0 Å². The van der Waals surface area contributed by atoms with Gasteiger partial charge in [-0.25, -0.2) is 13.1 Å². The van der Waals surface area contributed by atoms with Gasteiger partial charge < -0.3 is 10.4 Å². The van der Waals surface area contributed by atoms with Crippen molar-refractivity contribution in [1.29, 1.82) is 0 Å². The molecule has 32 valence electrons. The maximum Gasteiger partial charge on any atom is 2.00 e. The van der Waals surface area contributed by atoms with Crippen LogP contribution in [-0.4, -0.2) is 0 Å². The van der Waals surface area contributed by atoms with E-state index in [1.165, 1.54) is 10.0 Å². The number of hydrogen-bond donors (Lipinski definition) is 0. The maximum absolute atomic E-state index is 8.22. The van der Waals surface area contributed by atoms with E-state index in [9.17, 15) is 0 Å². The molecule has 0 aliphatic heterocycles. The Hall–Kier alpha value is -0.797. The van der Waals surface area contributed by atoms with Gasteiger partial charge in [0.2, 0.25) is 0 Å². The van der Waals surface area contributed by atoms with Crippen molar-refractivity contribution in [3.05, 3.63) is 33.6 Å². The maximum atomic E-state index is 8.22. The zero-order valence-corrected chi connectivity index (χ0v) is 6.39. The van der Waals surface area contributed by atoms with Crippen molar-refractivity contribution in [3.63, 3.8) is 0 Å². The van der Waals surface area contributed by atoms with Crippen LogP contribution in [0.15, 0.2) is 0 Å². The Kier molecular flexibility index (Phi) is 148. The number of nitrogens with zero attached hydrogens (tertiary/aromatic N) is 2. The van der Waals surface area contributed by atoms with Gasteiger partial charge in [-0.15, -0.1) is 0 Å². The summed E-state index contributed by atoms with van der Waals surface area (Å²) in [5.41, 5.74) is 0. The van der Waals surface area contributed by atoms with Crippen LogP contribution in [0.1, 0.15) is 0 Å². The van der Waals surface area contributed by atoms with E-state index in [1.54, 1.807) is 0 Å². The molecule has 0 fully saturated rings. The van der Waals surface area contributed by atoms with Crippen LogP contribution >= 0.6 is 0 Å². The number of rotatable bonds is 0. The first-order chi connectivity index (χ1) is 2.83. The van der Waals surface area contributed by atoms with Gasteiger partial charge in [-0.3, -0.25) is 10.0 Å². The fraction of sp³-hybridized carbons (Fsp3) is 0. The molecule has 0 N–H and O–H groups in total. The van der Waals surface area contributed by atoms with Crippen LogP contribution in [0.5, 0.6) is 0 Å². The van der Waals surface area contributed by atoms with E-state index in [0.717, 1.165) is 0 Å². The second-order valence-electron chi connectivity index (χ2n) is 0.183. The molecule has 0 aromatic heterocycles. The van der Waals surface area contributed by atoms with Gasteiger partial charge in [0, 0.05) is 0 Å². The molecule has 7 heavy (non-hydrogen) atoms. The van der Waals surface area contributed by atoms with E-state index in [0.29, 0.717) is 0 Å². The van der Waals surface area contributed by atoms with Gasteiger partial charge in [0.05, 0.1) is 0 Å². The van der Waals surface area contributed by atoms with Crippen LogP contribution in [0.25, 0.3) is 10.0 Å². The first-order valence-electron chi connectivity index (χ1n) is 0.812. The standard InChI is InChI=1S/2CNO.Zn/c2*1-2-3;/q2*-1;+2. The van der Waals surface area contributed by atoms with E-state index >= 15 is 0 Å². The molecule has 0 aliphatic rings. The molecule has 5 heteroatoms. The van der Waals surface area contributed by atoms with Crippen molar-refractivity contribution in [3.8, 4) is 0 Å². The van der Waals surface area contributed by atoms with Crippen LogP contribution in [0, 0.1) is 23.6 Å². The monoisotopic (exact) mass is 148 g/mol. The summed E-state index contributed by atoms with van der Waals surface area (Å²) in [5, 5.41) is 19.4. The minimum atomic E-state index is 0. The van der Waals surface area contributed by atoms with Crippen molar-refractivity contribution >= 4 is 0 Å². The van der Waals surface area contributed by atoms with Gasteiger partial charge in [-0.05, 0) is 0 Å². The van der Waals surface area contributed by atoms with Crippen LogP contribution < -0.4 is 0 Å². The van der Waals surface area contributed by atoms with E-state index in [1.807, 2.05) is 0 Å². The quantitative estimate of drug-likeness (QED) is 0.291. The third kappa shape index (κ3) is 84.1. The minimum absolute atomic E-state index is 0. The van der Waals surface area contributed by atoms with Crippen molar-refractivity contribution < 1.29 is 19.5 Å². The molecular weight excluding hydrogens is 149 g/mol. The van der Waals surface area contributed by atoms with Crippen LogP contribution in [-0.2, 0) is 19.5 Å². The van der Waals surface area contributed by atoms with Crippen LogP contribution in [0.4, 0.5) is 0 Å². The van der Waals surface area contributed by atoms with E-state index in [2.05, 4.69) is 0 Å². The summed E-state index contributed by atoms with van der Waals surface area (Å²) in [4.78, 5) is 0. The van der Waals surface area contributed by atoms with E-state index < -0.39 is 0 Å². The smallest absolute Gasteiger partial charge is 0.539 e. The Morgan fingerprint density at radius 1 is 1.00 bits per heavy atom. The summed E-state index contributed by atoms with van der Waals surface area (Å²) in [5.74, 6) is 0. The molecule has 0 spiro atoms. The Bertz CT molecular complexity index is 68.7. The van der Waals surface area contributed by atoms with Crippen LogP contribution in [0.3, 0.4) is 0 Å². The topological polar surface area (TPSA) is 54.8 Å². The molecule has 0 aromatic rings. The van der Waals surface area contributed by atoms with Crippen molar-refractivity contribution in [2.24, 2.45) is 0 Å². The van der Waals surface area contributed by atoms with Gasteiger partial charge in [0.1, 0.15) is 0 Å². The van der Waals surface area contributed by atoms with Gasteiger partial charge >= 0.3 is 19.5 Å². The molecule has 0 rings (SSSR count). The third-order valence-corrected chi connectivity index (χ3v) is 0. The van der Waals surface area contributed by atoms with Crippen molar-refractivity contribution in [1.82, 2.24) is 0 Å². The SMILES string of the molecule is [C-]#[N+][O-].[C-]#[N+][O-].[Zn+2]. The average Bonchev–Trinajstić information content (AvgIpc) is 1.39. The first-order valence-corrected chi connectivity index (χ1v) is 0.812. The Morgan fingerprint density at radius 2 is 1.00 bits per heavy atom. The van der Waals surface area contributed by atoms with E-state index in [4.69, 9.17) is 23.6 Å². The first kappa shape index (κ1) is 16.4. The Morgan fingerprint density at radius 3 is 1.00 bits per heavy atom. The molecule has 0 radical (unpaired) electrons. The van der Waals surface area contributed by atoms with Crippen molar-refractivity contribution in [2.75, 3.05) is 0 Å². The summed E-state index contributed by atoms with van der Waals surface area (Å²) >= 11 is 0. The fourth-order valence-corrected chi connectivity index (χ4v) is 0. The predicted molar refractivity (Wildman–Crippen MR) is 19.9 cm³/mol. The zero-order valence-electron chi connectivity index (χ0n) is 3.42. The molecular formula is C2N2O2Zn. The molecule has 0 atom stereocenters. The molecule has 0 bridgehead atoms. The molecule has 4 nitrogen and oxygen atoms in total. The fourth-order valence-electron chi connectivity index (χ4n) is 0. The molecule has 0 saturated heterocycles. The average molecular weight is 149 g/mol. The number of hydrogen-bond acceptors (Lipinski definition) is 2. The van der Waals surface area contributed by atoms with Gasteiger partial charge in [0.15, 0.2) is 0 Å². The molecule has 0 heterocycles. The zero-order chi connectivity index (χ0) is 5.41. The Labute approximate surface area is 53.7 Å². The van der Waals surface area contributed by atoms with Crippen LogP contribution in [0.2, 0.25) is 0 Å². The third-order valence-electron chi connectivity index (χ3n) is 0. The molecule has 0 unspecified atom stereocenters. The molecule has 0 saturated carbocycles. The Balaban J connectivity index is -0.0000000400. The van der Waals surface area contributed by atoms with Crippen molar-refractivity contribution in [2.45, 2.75) is 0 Å². The van der Waals surface area contributed by atoms with Gasteiger partial charge in [-0.1, -0.05) is 0 Å².